The summed E-state index contributed by atoms with van der Waals surface area (Å²) in [7, 11) is 1.50. The van der Waals surface area contributed by atoms with Crippen molar-refractivity contribution in [3.63, 3.8) is 0 Å². The van der Waals surface area contributed by atoms with Crippen molar-refractivity contribution in [3.05, 3.63) is 23.9 Å². The van der Waals surface area contributed by atoms with Gasteiger partial charge in [-0.15, -0.1) is 0 Å². The van der Waals surface area contributed by atoms with Crippen molar-refractivity contribution in [3.8, 4) is 0 Å². The van der Waals surface area contributed by atoms with Gasteiger partial charge < -0.3 is 10.3 Å². The zero-order valence-electron chi connectivity index (χ0n) is 10.4. The molecule has 1 aromatic carbocycles. The van der Waals surface area contributed by atoms with Gasteiger partial charge in [-0.2, -0.15) is 0 Å². The van der Waals surface area contributed by atoms with Crippen LogP contribution in [-0.4, -0.2) is 28.9 Å². The molecule has 1 aliphatic heterocycles. The molecule has 6 nitrogen and oxygen atoms in total. The summed E-state index contributed by atoms with van der Waals surface area (Å²) in [5, 5.41) is 4.75. The minimum atomic E-state index is -0.424. The van der Waals surface area contributed by atoms with E-state index in [1.54, 1.807) is 18.2 Å². The third-order valence-corrected chi connectivity index (χ3v) is 3.50. The zero-order chi connectivity index (χ0) is 13.6. The number of carbonyl (C=O) groups is 2. The first-order valence-electron chi connectivity index (χ1n) is 6.03. The van der Waals surface area contributed by atoms with Crippen molar-refractivity contribution in [2.75, 3.05) is 12.8 Å². The van der Waals surface area contributed by atoms with Crippen molar-refractivity contribution >= 4 is 28.5 Å². The smallest absolute Gasteiger partial charge is 0.238 e. The first-order chi connectivity index (χ1) is 9.08. The molecule has 3 rings (SSSR count). The molecule has 0 saturated carbocycles. The Labute approximate surface area is 109 Å². The number of rotatable bonds is 1. The molecule has 1 aromatic heterocycles. The monoisotopic (exact) mass is 259 g/mol. The Morgan fingerprint density at radius 1 is 1.42 bits per heavy atom. The normalized spacial score (nSPS) is 20.3. The van der Waals surface area contributed by atoms with E-state index in [2.05, 4.69) is 5.16 Å². The first kappa shape index (κ1) is 11.7. The van der Waals surface area contributed by atoms with Crippen LogP contribution in [0.25, 0.3) is 11.0 Å². The summed E-state index contributed by atoms with van der Waals surface area (Å²) in [5.41, 5.74) is 7.39. The molecule has 0 bridgehead atoms. The summed E-state index contributed by atoms with van der Waals surface area (Å²) >= 11 is 0. The highest BCUT2D eigenvalue weighted by Gasteiger charge is 2.35. The van der Waals surface area contributed by atoms with Crippen LogP contribution in [-0.2, 0) is 9.59 Å². The van der Waals surface area contributed by atoms with E-state index in [1.807, 2.05) is 0 Å². The fourth-order valence-electron chi connectivity index (χ4n) is 2.39. The Bertz CT molecular complexity index is 677. The zero-order valence-corrected chi connectivity index (χ0v) is 10.4. The van der Waals surface area contributed by atoms with Crippen LogP contribution in [0.3, 0.4) is 0 Å². The minimum absolute atomic E-state index is 0.154. The van der Waals surface area contributed by atoms with Crippen molar-refractivity contribution in [2.45, 2.75) is 18.8 Å². The lowest BCUT2D eigenvalue weighted by Crippen LogP contribution is -2.41. The number of fused-ring (bicyclic) bond motifs is 1. The average Bonchev–Trinajstić information content (AvgIpc) is 2.79. The quantitative estimate of drug-likeness (QED) is 0.615. The molecule has 19 heavy (non-hydrogen) atoms. The van der Waals surface area contributed by atoms with Crippen LogP contribution >= 0.6 is 0 Å². The fraction of sp³-hybridized carbons (Fsp3) is 0.308. The fourth-order valence-corrected chi connectivity index (χ4v) is 2.39. The van der Waals surface area contributed by atoms with Crippen LogP contribution < -0.4 is 5.73 Å². The van der Waals surface area contributed by atoms with E-state index in [1.165, 1.54) is 7.05 Å². The van der Waals surface area contributed by atoms with E-state index in [4.69, 9.17) is 10.3 Å². The number of hydrogen-bond acceptors (Lipinski definition) is 5. The Balaban J connectivity index is 2.05. The van der Waals surface area contributed by atoms with Gasteiger partial charge in [0.15, 0.2) is 5.58 Å². The summed E-state index contributed by atoms with van der Waals surface area (Å²) in [6.45, 7) is 0. The molecule has 1 atom stereocenters. The topological polar surface area (TPSA) is 89.4 Å². The highest BCUT2D eigenvalue weighted by atomic mass is 16.5. The number of nitrogens with two attached hydrogens (primary N) is 1. The number of hydrogen-bond donors (Lipinski definition) is 1. The maximum atomic E-state index is 12.1. The maximum Gasteiger partial charge on any atom is 0.238 e. The van der Waals surface area contributed by atoms with Crippen molar-refractivity contribution in [2.24, 2.45) is 0 Å². The third kappa shape index (κ3) is 1.76. The largest absolute Gasteiger partial charge is 0.399 e. The molecule has 0 radical (unpaired) electrons. The van der Waals surface area contributed by atoms with E-state index in [9.17, 15) is 9.59 Å². The summed E-state index contributed by atoms with van der Waals surface area (Å²) < 4.78 is 5.21. The molecular weight excluding hydrogens is 246 g/mol. The van der Waals surface area contributed by atoms with Crippen molar-refractivity contribution in [1.82, 2.24) is 10.1 Å². The Morgan fingerprint density at radius 3 is 3.00 bits per heavy atom. The number of carbonyl (C=O) groups excluding carboxylic acids is 2. The lowest BCUT2D eigenvalue weighted by atomic mass is 9.92. The van der Waals surface area contributed by atoms with Gasteiger partial charge in [-0.05, 0) is 18.6 Å². The lowest BCUT2D eigenvalue weighted by molar-refractivity contribution is -0.147. The number of amides is 2. The molecule has 0 aliphatic carbocycles. The van der Waals surface area contributed by atoms with Gasteiger partial charge in [0, 0.05) is 30.6 Å². The number of nitrogen functional groups attached to an aromatic ring is 1. The van der Waals surface area contributed by atoms with Gasteiger partial charge in [0.1, 0.15) is 5.69 Å². The van der Waals surface area contributed by atoms with Gasteiger partial charge in [-0.25, -0.2) is 0 Å². The van der Waals surface area contributed by atoms with Gasteiger partial charge in [0.05, 0.1) is 5.92 Å². The van der Waals surface area contributed by atoms with Gasteiger partial charge >= 0.3 is 0 Å². The van der Waals surface area contributed by atoms with Crippen LogP contribution in [0.2, 0.25) is 0 Å². The molecule has 98 valence electrons. The van der Waals surface area contributed by atoms with Crippen LogP contribution in [0.1, 0.15) is 24.5 Å². The van der Waals surface area contributed by atoms with Crippen LogP contribution in [0.15, 0.2) is 22.7 Å². The highest BCUT2D eigenvalue weighted by Crippen LogP contribution is 2.33. The van der Waals surface area contributed by atoms with E-state index in [0.717, 1.165) is 10.3 Å². The second-order valence-electron chi connectivity index (χ2n) is 4.71. The van der Waals surface area contributed by atoms with E-state index in [0.29, 0.717) is 29.8 Å². The standard InChI is InChI=1S/C13H13N3O3/c1-16-11(17)5-4-9(13(16)18)12-8-3-2-7(14)6-10(8)19-15-12/h2-3,6,9H,4-5,14H2,1H3. The van der Waals surface area contributed by atoms with Gasteiger partial charge in [-0.1, -0.05) is 5.16 Å². The number of aromatic nitrogens is 1. The number of imide groups is 1. The molecule has 1 fully saturated rings. The Hall–Kier alpha value is -2.37. The number of likely N-dealkylation sites (tertiary alicyclic amines) is 1. The van der Waals surface area contributed by atoms with Crippen LogP contribution in [0.5, 0.6) is 0 Å². The predicted molar refractivity (Wildman–Crippen MR) is 68.2 cm³/mol. The molecule has 2 heterocycles. The molecule has 1 saturated heterocycles. The first-order valence-corrected chi connectivity index (χ1v) is 6.03. The lowest BCUT2D eigenvalue weighted by Gasteiger charge is -2.26. The molecule has 0 spiro atoms. The van der Waals surface area contributed by atoms with Gasteiger partial charge in [-0.3, -0.25) is 14.5 Å². The predicted octanol–water partition coefficient (Wildman–Crippen LogP) is 1.27. The number of benzene rings is 1. The second-order valence-corrected chi connectivity index (χ2v) is 4.71. The highest BCUT2D eigenvalue weighted by molar-refractivity contribution is 6.02. The summed E-state index contributed by atoms with van der Waals surface area (Å²) in [6.07, 6.45) is 0.810. The molecular formula is C13H13N3O3. The van der Waals surface area contributed by atoms with E-state index < -0.39 is 5.92 Å². The molecule has 2 N–H and O–H groups in total. The molecule has 1 aliphatic rings. The van der Waals surface area contributed by atoms with Gasteiger partial charge in [0.25, 0.3) is 0 Å². The van der Waals surface area contributed by atoms with E-state index in [-0.39, 0.29) is 11.8 Å². The maximum absolute atomic E-state index is 12.1. The molecule has 6 heteroatoms. The minimum Gasteiger partial charge on any atom is -0.399 e. The number of likely N-dealkylation sites (N-methyl/N-ethyl adjacent to an activating group) is 1. The number of nitrogens with zero attached hydrogens (tertiary/aromatic N) is 2. The summed E-state index contributed by atoms with van der Waals surface area (Å²) in [5.74, 6) is -0.811. The molecule has 2 aromatic rings. The van der Waals surface area contributed by atoms with Gasteiger partial charge in [0.2, 0.25) is 11.8 Å². The second kappa shape index (κ2) is 4.08. The SMILES string of the molecule is CN1C(=O)CCC(c2noc3cc(N)ccc23)C1=O. The number of piperidine rings is 1. The van der Waals surface area contributed by atoms with E-state index >= 15 is 0 Å². The van der Waals surface area contributed by atoms with Crippen molar-refractivity contribution in [1.29, 1.82) is 0 Å². The Morgan fingerprint density at radius 2 is 2.21 bits per heavy atom. The Kier molecular flexibility index (Phi) is 2.51. The van der Waals surface area contributed by atoms with Crippen molar-refractivity contribution < 1.29 is 14.1 Å². The summed E-state index contributed by atoms with van der Waals surface area (Å²) in [4.78, 5) is 24.8. The average molecular weight is 259 g/mol. The van der Waals surface area contributed by atoms with Crippen LogP contribution in [0.4, 0.5) is 5.69 Å². The third-order valence-electron chi connectivity index (χ3n) is 3.50. The number of anilines is 1. The molecule has 2 amide bonds. The van der Waals surface area contributed by atoms with Crippen LogP contribution in [0, 0.1) is 0 Å². The summed E-state index contributed by atoms with van der Waals surface area (Å²) in [6, 6.07) is 5.21. The molecule has 1 unspecified atom stereocenters.